The number of methoxy groups -OCH3 is 1. The van der Waals surface area contributed by atoms with Crippen molar-refractivity contribution in [2.75, 3.05) is 13.7 Å². The Bertz CT molecular complexity index is 1070. The normalized spacial score (nSPS) is 11.6. The lowest BCUT2D eigenvalue weighted by molar-refractivity contribution is 0.402. The van der Waals surface area contributed by atoms with Crippen LogP contribution in [0.15, 0.2) is 53.6 Å². The number of aryl methyl sites for hydroxylation is 3. The molecule has 1 aromatic heterocycles. The van der Waals surface area contributed by atoms with Crippen molar-refractivity contribution < 1.29 is 13.2 Å². The number of rotatable bonds is 7. The third kappa shape index (κ3) is 4.26. The van der Waals surface area contributed by atoms with E-state index in [1.165, 1.54) is 7.11 Å². The van der Waals surface area contributed by atoms with E-state index in [0.717, 1.165) is 27.9 Å². The van der Waals surface area contributed by atoms with E-state index in [9.17, 15) is 8.42 Å². The maximum atomic E-state index is 12.7. The Morgan fingerprint density at radius 3 is 2.36 bits per heavy atom. The molecule has 3 aromatic rings. The summed E-state index contributed by atoms with van der Waals surface area (Å²) < 4.78 is 35.2. The Morgan fingerprint density at radius 1 is 1.07 bits per heavy atom. The fourth-order valence-corrected chi connectivity index (χ4v) is 4.30. The lowest BCUT2D eigenvalue weighted by Gasteiger charge is -2.13. The van der Waals surface area contributed by atoms with Gasteiger partial charge in [-0.05, 0) is 60.7 Å². The zero-order valence-electron chi connectivity index (χ0n) is 16.6. The van der Waals surface area contributed by atoms with Gasteiger partial charge in [0.1, 0.15) is 10.6 Å². The van der Waals surface area contributed by atoms with E-state index in [-0.39, 0.29) is 4.90 Å². The molecule has 7 heteroatoms. The number of hydrogen-bond acceptors (Lipinski definition) is 4. The van der Waals surface area contributed by atoms with Gasteiger partial charge in [-0.25, -0.2) is 13.1 Å². The van der Waals surface area contributed by atoms with Gasteiger partial charge in [-0.1, -0.05) is 24.3 Å². The standard InChI is InChI=1S/C21H25N3O3S/c1-15-13-20(27-4)21(14-16(15)2)28(25,26)23-12-9-17-5-7-18(8-6-17)19-10-11-22-24(19)3/h5-8,10-11,13-14,23H,9,12H2,1-4H3. The first-order valence-electron chi connectivity index (χ1n) is 9.04. The quantitative estimate of drug-likeness (QED) is 0.662. The summed E-state index contributed by atoms with van der Waals surface area (Å²) in [4.78, 5) is 0.171. The second-order valence-corrected chi connectivity index (χ2v) is 8.51. The topological polar surface area (TPSA) is 73.2 Å². The summed E-state index contributed by atoms with van der Waals surface area (Å²) in [6.07, 6.45) is 2.36. The molecule has 3 rings (SSSR count). The highest BCUT2D eigenvalue weighted by atomic mass is 32.2. The summed E-state index contributed by atoms with van der Waals surface area (Å²) in [6, 6.07) is 13.4. The summed E-state index contributed by atoms with van der Waals surface area (Å²) >= 11 is 0. The van der Waals surface area contributed by atoms with Gasteiger partial charge in [-0.2, -0.15) is 5.10 Å². The van der Waals surface area contributed by atoms with E-state index in [4.69, 9.17) is 4.74 Å². The Labute approximate surface area is 166 Å². The average Bonchev–Trinajstić information content (AvgIpc) is 3.10. The van der Waals surface area contributed by atoms with Crippen LogP contribution in [0.2, 0.25) is 0 Å². The Hall–Kier alpha value is -2.64. The number of nitrogens with one attached hydrogen (secondary N) is 1. The third-order valence-electron chi connectivity index (χ3n) is 4.85. The van der Waals surface area contributed by atoms with Gasteiger partial charge in [0, 0.05) is 19.8 Å². The molecule has 0 aliphatic carbocycles. The van der Waals surface area contributed by atoms with Crippen LogP contribution in [0.3, 0.4) is 0 Å². The predicted octanol–water partition coefficient (Wildman–Crippen LogP) is 3.23. The molecule has 28 heavy (non-hydrogen) atoms. The number of ether oxygens (including phenoxy) is 1. The molecule has 0 spiro atoms. The molecule has 0 unspecified atom stereocenters. The third-order valence-corrected chi connectivity index (χ3v) is 6.33. The van der Waals surface area contributed by atoms with Gasteiger partial charge in [0.2, 0.25) is 10.0 Å². The molecule has 0 saturated heterocycles. The highest BCUT2D eigenvalue weighted by Gasteiger charge is 2.20. The van der Waals surface area contributed by atoms with Crippen LogP contribution < -0.4 is 9.46 Å². The number of hydrogen-bond donors (Lipinski definition) is 1. The van der Waals surface area contributed by atoms with Crippen LogP contribution in [0.1, 0.15) is 16.7 Å². The highest BCUT2D eigenvalue weighted by molar-refractivity contribution is 7.89. The molecular formula is C21H25N3O3S. The summed E-state index contributed by atoms with van der Waals surface area (Å²) in [5.74, 6) is 0.358. The van der Waals surface area contributed by atoms with E-state index in [1.54, 1.807) is 18.3 Å². The highest BCUT2D eigenvalue weighted by Crippen LogP contribution is 2.27. The second-order valence-electron chi connectivity index (χ2n) is 6.77. The van der Waals surface area contributed by atoms with E-state index >= 15 is 0 Å². The maximum absolute atomic E-state index is 12.7. The van der Waals surface area contributed by atoms with E-state index in [2.05, 4.69) is 9.82 Å². The molecule has 0 saturated carbocycles. The zero-order valence-corrected chi connectivity index (χ0v) is 17.4. The van der Waals surface area contributed by atoms with Crippen LogP contribution in [-0.4, -0.2) is 31.9 Å². The summed E-state index contributed by atoms with van der Waals surface area (Å²) in [5, 5.41) is 4.18. The maximum Gasteiger partial charge on any atom is 0.244 e. The molecule has 2 aromatic carbocycles. The minimum absolute atomic E-state index is 0.171. The monoisotopic (exact) mass is 399 g/mol. The van der Waals surface area contributed by atoms with Crippen molar-refractivity contribution in [1.29, 1.82) is 0 Å². The largest absolute Gasteiger partial charge is 0.495 e. The average molecular weight is 400 g/mol. The van der Waals surface area contributed by atoms with Crippen molar-refractivity contribution in [1.82, 2.24) is 14.5 Å². The first kappa shape index (κ1) is 20.1. The molecule has 1 heterocycles. The lowest BCUT2D eigenvalue weighted by Crippen LogP contribution is -2.26. The van der Waals surface area contributed by atoms with Crippen molar-refractivity contribution in [2.24, 2.45) is 7.05 Å². The van der Waals surface area contributed by atoms with Gasteiger partial charge in [0.15, 0.2) is 0 Å². The number of benzene rings is 2. The van der Waals surface area contributed by atoms with Crippen molar-refractivity contribution in [2.45, 2.75) is 25.2 Å². The van der Waals surface area contributed by atoms with Crippen molar-refractivity contribution in [3.63, 3.8) is 0 Å². The van der Waals surface area contributed by atoms with Gasteiger partial charge in [0.25, 0.3) is 0 Å². The Kier molecular flexibility index (Phi) is 5.86. The van der Waals surface area contributed by atoms with Crippen LogP contribution in [0.25, 0.3) is 11.3 Å². The van der Waals surface area contributed by atoms with E-state index in [1.807, 2.05) is 55.9 Å². The Balaban J connectivity index is 1.68. The zero-order chi connectivity index (χ0) is 20.3. The van der Waals surface area contributed by atoms with Crippen molar-refractivity contribution in [3.05, 3.63) is 65.4 Å². The van der Waals surface area contributed by atoms with Gasteiger partial charge in [0.05, 0.1) is 12.8 Å². The number of aromatic nitrogens is 2. The molecule has 0 bridgehead atoms. The molecule has 0 amide bonds. The summed E-state index contributed by atoms with van der Waals surface area (Å²) in [6.45, 7) is 4.12. The van der Waals surface area contributed by atoms with Crippen LogP contribution in [0.5, 0.6) is 5.75 Å². The molecule has 0 aliphatic rings. The number of sulfonamides is 1. The molecule has 0 radical (unpaired) electrons. The predicted molar refractivity (Wildman–Crippen MR) is 110 cm³/mol. The van der Waals surface area contributed by atoms with Gasteiger partial charge in [-0.3, -0.25) is 4.68 Å². The molecular weight excluding hydrogens is 374 g/mol. The Morgan fingerprint density at radius 2 is 1.75 bits per heavy atom. The van der Waals surface area contributed by atoms with Crippen LogP contribution in [-0.2, 0) is 23.5 Å². The fourth-order valence-electron chi connectivity index (χ4n) is 3.04. The smallest absolute Gasteiger partial charge is 0.244 e. The van der Waals surface area contributed by atoms with Crippen LogP contribution in [0.4, 0.5) is 0 Å². The first-order valence-corrected chi connectivity index (χ1v) is 10.5. The molecule has 0 fully saturated rings. The second kappa shape index (κ2) is 8.16. The summed E-state index contributed by atoms with van der Waals surface area (Å²) in [7, 11) is -0.267. The number of nitrogens with zero attached hydrogens (tertiary/aromatic N) is 2. The lowest BCUT2D eigenvalue weighted by atomic mass is 10.1. The van der Waals surface area contributed by atoms with Crippen LogP contribution >= 0.6 is 0 Å². The molecule has 0 atom stereocenters. The minimum atomic E-state index is -3.65. The first-order chi connectivity index (χ1) is 13.3. The van der Waals surface area contributed by atoms with E-state index in [0.29, 0.717) is 18.7 Å². The molecule has 148 valence electrons. The van der Waals surface area contributed by atoms with Gasteiger partial charge in [-0.15, -0.1) is 0 Å². The molecule has 0 aliphatic heterocycles. The summed E-state index contributed by atoms with van der Waals surface area (Å²) in [5.41, 5.74) is 5.06. The van der Waals surface area contributed by atoms with Crippen molar-refractivity contribution >= 4 is 10.0 Å². The molecule has 1 N–H and O–H groups in total. The van der Waals surface area contributed by atoms with Crippen LogP contribution in [0, 0.1) is 13.8 Å². The van der Waals surface area contributed by atoms with Gasteiger partial charge < -0.3 is 4.74 Å². The minimum Gasteiger partial charge on any atom is -0.495 e. The van der Waals surface area contributed by atoms with Gasteiger partial charge >= 0.3 is 0 Å². The SMILES string of the molecule is COc1cc(C)c(C)cc1S(=O)(=O)NCCc1ccc(-c2ccnn2C)cc1. The van der Waals surface area contributed by atoms with Crippen molar-refractivity contribution in [3.8, 4) is 17.0 Å². The fraction of sp³-hybridized carbons (Fsp3) is 0.286. The molecule has 6 nitrogen and oxygen atoms in total. The van der Waals surface area contributed by atoms with E-state index < -0.39 is 10.0 Å².